The van der Waals surface area contributed by atoms with Crippen molar-refractivity contribution in [3.05, 3.63) is 57.2 Å². The number of aryl methyl sites for hydroxylation is 2. The molecule has 25 heavy (non-hydrogen) atoms. The van der Waals surface area contributed by atoms with Crippen molar-refractivity contribution in [3.8, 4) is 5.75 Å². The van der Waals surface area contributed by atoms with Gasteiger partial charge < -0.3 is 9.15 Å². The van der Waals surface area contributed by atoms with Crippen LogP contribution in [0.4, 0.5) is 0 Å². The topological polar surface area (TPSA) is 57.3 Å². The number of hydrogen-bond donors (Lipinski definition) is 0. The number of fused-ring (bicyclic) bond motifs is 1. The zero-order valence-electron chi connectivity index (χ0n) is 15.4. The summed E-state index contributed by atoms with van der Waals surface area (Å²) in [5.41, 5.74) is 4.04. The third-order valence-corrected chi connectivity index (χ3v) is 4.54. The van der Waals surface area contributed by atoms with Crippen molar-refractivity contribution in [2.75, 3.05) is 0 Å². The van der Waals surface area contributed by atoms with Crippen molar-refractivity contribution >= 4 is 11.0 Å². The minimum Gasteiger partial charge on any atom is -0.487 e. The lowest BCUT2D eigenvalue weighted by atomic mass is 10.0. The zero-order chi connectivity index (χ0) is 18.1. The molecule has 2 aromatic heterocycles. The Labute approximate surface area is 147 Å². The smallest absolute Gasteiger partial charge is 0.339 e. The highest BCUT2D eigenvalue weighted by Crippen LogP contribution is 2.25. The van der Waals surface area contributed by atoms with Crippen LogP contribution >= 0.6 is 0 Å². The average Bonchev–Trinajstić information content (AvgIpc) is 2.95. The Kier molecular flexibility index (Phi) is 4.66. The Balaban J connectivity index is 1.86. The van der Waals surface area contributed by atoms with E-state index in [9.17, 15) is 4.79 Å². The van der Waals surface area contributed by atoms with Gasteiger partial charge in [0.15, 0.2) is 0 Å². The monoisotopic (exact) mass is 340 g/mol. The van der Waals surface area contributed by atoms with E-state index in [-0.39, 0.29) is 5.63 Å². The quantitative estimate of drug-likeness (QED) is 0.656. The van der Waals surface area contributed by atoms with Crippen LogP contribution in [0.25, 0.3) is 11.0 Å². The van der Waals surface area contributed by atoms with E-state index in [0.29, 0.717) is 29.4 Å². The van der Waals surface area contributed by atoms with Gasteiger partial charge in [-0.3, -0.25) is 4.68 Å². The highest BCUT2D eigenvalue weighted by Gasteiger charge is 2.12. The Bertz CT molecular complexity index is 967. The van der Waals surface area contributed by atoms with Crippen molar-refractivity contribution < 1.29 is 9.15 Å². The molecule has 1 aromatic carbocycles. The molecular weight excluding hydrogens is 316 g/mol. The predicted octanol–water partition coefficient (Wildman–Crippen LogP) is 4.10. The molecule has 3 rings (SSSR count). The van der Waals surface area contributed by atoms with Crippen LogP contribution in [0.2, 0.25) is 0 Å². The summed E-state index contributed by atoms with van der Waals surface area (Å²) in [6, 6.07) is 7.71. The molecule has 0 aliphatic carbocycles. The second-order valence-corrected chi connectivity index (χ2v) is 6.63. The zero-order valence-corrected chi connectivity index (χ0v) is 15.4. The number of ether oxygens (including phenoxy) is 1. The molecule has 0 N–H and O–H groups in total. The maximum Gasteiger partial charge on any atom is 0.339 e. The number of benzene rings is 1. The van der Waals surface area contributed by atoms with Gasteiger partial charge in [-0.05, 0) is 43.0 Å². The van der Waals surface area contributed by atoms with E-state index in [1.165, 1.54) is 5.69 Å². The molecule has 0 spiro atoms. The summed E-state index contributed by atoms with van der Waals surface area (Å²) in [6.07, 6.45) is 0.792. The lowest BCUT2D eigenvalue weighted by Gasteiger charge is -2.09. The fraction of sp³-hybridized carbons (Fsp3) is 0.400. The number of rotatable bonds is 5. The van der Waals surface area contributed by atoms with Gasteiger partial charge in [0.25, 0.3) is 0 Å². The van der Waals surface area contributed by atoms with Gasteiger partial charge in [-0.15, -0.1) is 0 Å². The van der Waals surface area contributed by atoms with Gasteiger partial charge in [-0.1, -0.05) is 20.8 Å². The molecule has 0 atom stereocenters. The SMILES string of the molecule is CCc1c(C)c(=O)oc2cc(OCc3cc(C(C)C)n(C)n3)ccc12. The normalized spacial score (nSPS) is 11.4. The maximum atomic E-state index is 12.0. The molecule has 0 aliphatic heterocycles. The van der Waals surface area contributed by atoms with Gasteiger partial charge >= 0.3 is 5.63 Å². The van der Waals surface area contributed by atoms with Crippen LogP contribution in [0.15, 0.2) is 33.5 Å². The first kappa shape index (κ1) is 17.3. The third kappa shape index (κ3) is 3.31. The van der Waals surface area contributed by atoms with Crippen LogP contribution in [0, 0.1) is 6.92 Å². The van der Waals surface area contributed by atoms with E-state index >= 15 is 0 Å². The number of hydrogen-bond acceptors (Lipinski definition) is 4. The van der Waals surface area contributed by atoms with Gasteiger partial charge in [0.1, 0.15) is 23.6 Å². The Morgan fingerprint density at radius 1 is 1.28 bits per heavy atom. The molecule has 0 saturated heterocycles. The van der Waals surface area contributed by atoms with Gasteiger partial charge in [0, 0.05) is 29.8 Å². The van der Waals surface area contributed by atoms with Crippen LogP contribution in [0.3, 0.4) is 0 Å². The maximum absolute atomic E-state index is 12.0. The highest BCUT2D eigenvalue weighted by molar-refractivity contribution is 5.82. The average molecular weight is 340 g/mol. The summed E-state index contributed by atoms with van der Waals surface area (Å²) in [7, 11) is 1.94. The van der Waals surface area contributed by atoms with E-state index in [1.54, 1.807) is 6.07 Å². The summed E-state index contributed by atoms with van der Waals surface area (Å²) < 4.78 is 13.2. The molecule has 3 aromatic rings. The minimum atomic E-state index is -0.284. The summed E-state index contributed by atoms with van der Waals surface area (Å²) in [5, 5.41) is 5.45. The van der Waals surface area contributed by atoms with Crippen molar-refractivity contribution in [2.24, 2.45) is 7.05 Å². The van der Waals surface area contributed by atoms with E-state index < -0.39 is 0 Å². The Morgan fingerprint density at radius 2 is 2.04 bits per heavy atom. The first-order valence-electron chi connectivity index (χ1n) is 8.62. The van der Waals surface area contributed by atoms with Crippen molar-refractivity contribution in [3.63, 3.8) is 0 Å². The van der Waals surface area contributed by atoms with Gasteiger partial charge in [-0.25, -0.2) is 4.79 Å². The fourth-order valence-electron chi connectivity index (χ4n) is 3.19. The molecular formula is C20H24N2O3. The van der Waals surface area contributed by atoms with Crippen LogP contribution in [-0.4, -0.2) is 9.78 Å². The molecule has 5 heteroatoms. The van der Waals surface area contributed by atoms with Crippen LogP contribution < -0.4 is 10.4 Å². The molecule has 5 nitrogen and oxygen atoms in total. The fourth-order valence-corrected chi connectivity index (χ4v) is 3.19. The standard InChI is InChI=1S/C20H24N2O3/c1-6-16-13(4)20(23)25-19-10-15(7-8-17(16)19)24-11-14-9-18(12(2)3)22(5)21-14/h7-10,12H,6,11H2,1-5H3. The van der Waals surface area contributed by atoms with E-state index in [4.69, 9.17) is 9.15 Å². The number of aromatic nitrogens is 2. The molecule has 0 aliphatic rings. The molecule has 0 radical (unpaired) electrons. The van der Waals surface area contributed by atoms with Gasteiger partial charge in [0.05, 0.1) is 0 Å². The first-order chi connectivity index (χ1) is 11.9. The molecule has 2 heterocycles. The Morgan fingerprint density at radius 3 is 2.68 bits per heavy atom. The second-order valence-electron chi connectivity index (χ2n) is 6.63. The largest absolute Gasteiger partial charge is 0.487 e. The van der Waals surface area contributed by atoms with Crippen LogP contribution in [-0.2, 0) is 20.1 Å². The summed E-state index contributed by atoms with van der Waals surface area (Å²) in [6.45, 7) is 8.50. The van der Waals surface area contributed by atoms with E-state index in [2.05, 4.69) is 25.0 Å². The predicted molar refractivity (Wildman–Crippen MR) is 98.2 cm³/mol. The molecule has 132 valence electrons. The third-order valence-electron chi connectivity index (χ3n) is 4.54. The second kappa shape index (κ2) is 6.75. The van der Waals surface area contributed by atoms with Crippen LogP contribution in [0.5, 0.6) is 5.75 Å². The molecule has 0 fully saturated rings. The summed E-state index contributed by atoms with van der Waals surface area (Å²) in [4.78, 5) is 12.0. The van der Waals surface area contributed by atoms with Gasteiger partial charge in [0.2, 0.25) is 0 Å². The van der Waals surface area contributed by atoms with E-state index in [1.807, 2.05) is 37.7 Å². The lowest BCUT2D eigenvalue weighted by Crippen LogP contribution is -2.07. The van der Waals surface area contributed by atoms with Crippen molar-refractivity contribution in [1.29, 1.82) is 0 Å². The molecule has 0 amide bonds. The lowest BCUT2D eigenvalue weighted by molar-refractivity contribution is 0.300. The first-order valence-corrected chi connectivity index (χ1v) is 8.62. The Hall–Kier alpha value is -2.56. The van der Waals surface area contributed by atoms with Crippen molar-refractivity contribution in [2.45, 2.75) is 46.6 Å². The summed E-state index contributed by atoms with van der Waals surface area (Å²) in [5.74, 6) is 1.08. The molecule has 0 unspecified atom stereocenters. The molecule has 0 saturated carbocycles. The van der Waals surface area contributed by atoms with Crippen LogP contribution in [0.1, 0.15) is 49.2 Å². The minimum absolute atomic E-state index is 0.284. The summed E-state index contributed by atoms with van der Waals surface area (Å²) >= 11 is 0. The van der Waals surface area contributed by atoms with Gasteiger partial charge in [-0.2, -0.15) is 5.10 Å². The molecule has 0 bridgehead atoms. The number of nitrogens with zero attached hydrogens (tertiary/aromatic N) is 2. The van der Waals surface area contributed by atoms with Crippen molar-refractivity contribution in [1.82, 2.24) is 9.78 Å². The van der Waals surface area contributed by atoms with E-state index in [0.717, 1.165) is 23.1 Å². The highest BCUT2D eigenvalue weighted by atomic mass is 16.5.